The number of hydrogen-bond donors (Lipinski definition) is 2. The Morgan fingerprint density at radius 3 is 3.10 bits per heavy atom. The summed E-state index contributed by atoms with van der Waals surface area (Å²) in [5, 5.41) is 14.2. The highest BCUT2D eigenvalue weighted by Gasteiger charge is 2.11. The summed E-state index contributed by atoms with van der Waals surface area (Å²) < 4.78 is 1.46. The minimum atomic E-state index is -0.118. The van der Waals surface area contributed by atoms with E-state index in [-0.39, 0.29) is 30.5 Å². The van der Waals surface area contributed by atoms with Crippen LogP contribution in [-0.4, -0.2) is 33.2 Å². The van der Waals surface area contributed by atoms with Crippen LogP contribution >= 0.6 is 11.3 Å². The predicted molar refractivity (Wildman–Crippen MR) is 82.4 cm³/mol. The number of thiophene rings is 1. The van der Waals surface area contributed by atoms with Gasteiger partial charge in [0.05, 0.1) is 11.7 Å². The second-order valence-electron chi connectivity index (χ2n) is 4.82. The highest BCUT2D eigenvalue weighted by Crippen LogP contribution is 2.13. The highest BCUT2D eigenvalue weighted by molar-refractivity contribution is 7.16. The van der Waals surface area contributed by atoms with Crippen molar-refractivity contribution in [2.24, 2.45) is 0 Å². The fraction of sp³-hybridized carbons (Fsp3) is 0.500. The van der Waals surface area contributed by atoms with Crippen LogP contribution in [0, 0.1) is 0 Å². The maximum atomic E-state index is 12.1. The average molecular weight is 309 g/mol. The Balaban J connectivity index is 1.96. The second-order valence-corrected chi connectivity index (χ2v) is 5.71. The molecule has 114 valence electrons. The molecule has 0 saturated carbocycles. The molecule has 2 aromatic rings. The van der Waals surface area contributed by atoms with E-state index < -0.39 is 0 Å². The van der Waals surface area contributed by atoms with Crippen molar-refractivity contribution >= 4 is 27.5 Å². The van der Waals surface area contributed by atoms with E-state index in [0.29, 0.717) is 18.4 Å². The van der Waals surface area contributed by atoms with Gasteiger partial charge in [-0.3, -0.25) is 14.2 Å². The Kier molecular flexibility index (Phi) is 5.46. The number of nitrogens with zero attached hydrogens (tertiary/aromatic N) is 2. The summed E-state index contributed by atoms with van der Waals surface area (Å²) in [5.41, 5.74) is -0.114. The Hall–Kier alpha value is -1.73. The smallest absolute Gasteiger partial charge is 0.262 e. The first-order chi connectivity index (χ1) is 10.2. The predicted octanol–water partition coefficient (Wildman–Crippen LogP) is 1.13. The molecule has 0 aliphatic carbocycles. The molecule has 0 aliphatic heterocycles. The topological polar surface area (TPSA) is 84.2 Å². The molecule has 0 aliphatic rings. The van der Waals surface area contributed by atoms with Crippen LogP contribution in [-0.2, 0) is 11.3 Å². The summed E-state index contributed by atoms with van der Waals surface area (Å²) in [5.74, 6) is -0.118. The third kappa shape index (κ3) is 3.89. The molecule has 1 amide bonds. The number of rotatable bonds is 7. The van der Waals surface area contributed by atoms with Crippen molar-refractivity contribution < 1.29 is 9.90 Å². The monoisotopic (exact) mass is 309 g/mol. The molecule has 2 heterocycles. The summed E-state index contributed by atoms with van der Waals surface area (Å²) >= 11 is 1.42. The lowest BCUT2D eigenvalue weighted by molar-refractivity contribution is -0.122. The molecule has 0 bridgehead atoms. The molecule has 0 fully saturated rings. The van der Waals surface area contributed by atoms with Crippen LogP contribution in [0.3, 0.4) is 0 Å². The first-order valence-electron chi connectivity index (χ1n) is 6.98. The Labute approximate surface area is 126 Å². The van der Waals surface area contributed by atoms with Gasteiger partial charge in [0, 0.05) is 25.6 Å². The molecule has 0 radical (unpaired) electrons. The summed E-state index contributed by atoms with van der Waals surface area (Å²) in [6.07, 6.45) is 3.03. The number of carbonyl (C=O) groups excluding carboxylic acids is 1. The highest BCUT2D eigenvalue weighted by atomic mass is 32.1. The zero-order valence-corrected chi connectivity index (χ0v) is 12.7. The van der Waals surface area contributed by atoms with Gasteiger partial charge in [0.2, 0.25) is 5.91 Å². The number of amides is 1. The van der Waals surface area contributed by atoms with Crippen molar-refractivity contribution in [3.63, 3.8) is 0 Å². The summed E-state index contributed by atoms with van der Waals surface area (Å²) in [6, 6.07) is 1.73. The summed E-state index contributed by atoms with van der Waals surface area (Å²) in [7, 11) is 0. The lowest BCUT2D eigenvalue weighted by Gasteiger charge is -2.15. The number of aromatic nitrogens is 2. The molecule has 0 saturated heterocycles. The Morgan fingerprint density at radius 1 is 1.57 bits per heavy atom. The number of aryl methyl sites for hydroxylation is 1. The van der Waals surface area contributed by atoms with Crippen molar-refractivity contribution in [1.82, 2.24) is 14.9 Å². The first kappa shape index (κ1) is 15.7. The van der Waals surface area contributed by atoms with Gasteiger partial charge in [-0.1, -0.05) is 6.92 Å². The van der Waals surface area contributed by atoms with E-state index in [0.717, 1.165) is 11.3 Å². The van der Waals surface area contributed by atoms with Gasteiger partial charge in [0.1, 0.15) is 4.83 Å². The van der Waals surface area contributed by atoms with Crippen LogP contribution in [0.4, 0.5) is 0 Å². The lowest BCUT2D eigenvalue weighted by atomic mass is 10.1. The molecule has 6 nitrogen and oxygen atoms in total. The van der Waals surface area contributed by atoms with E-state index >= 15 is 0 Å². The molecule has 2 aromatic heterocycles. The van der Waals surface area contributed by atoms with Gasteiger partial charge in [0.15, 0.2) is 0 Å². The van der Waals surface area contributed by atoms with Gasteiger partial charge in [-0.2, -0.15) is 0 Å². The normalized spacial score (nSPS) is 12.5. The van der Waals surface area contributed by atoms with E-state index in [1.165, 1.54) is 22.2 Å². The Morgan fingerprint density at radius 2 is 2.38 bits per heavy atom. The van der Waals surface area contributed by atoms with Crippen molar-refractivity contribution in [3.8, 4) is 0 Å². The summed E-state index contributed by atoms with van der Waals surface area (Å²) in [6.45, 7) is 2.32. The quantitative estimate of drug-likeness (QED) is 0.803. The van der Waals surface area contributed by atoms with E-state index in [2.05, 4.69) is 10.3 Å². The van der Waals surface area contributed by atoms with E-state index in [1.807, 2.05) is 12.3 Å². The third-order valence-corrected chi connectivity index (χ3v) is 4.19. The van der Waals surface area contributed by atoms with Crippen LogP contribution in [0.15, 0.2) is 22.6 Å². The zero-order chi connectivity index (χ0) is 15.2. The minimum absolute atomic E-state index is 0.0169. The maximum Gasteiger partial charge on any atom is 0.262 e. The zero-order valence-electron chi connectivity index (χ0n) is 11.9. The number of carbonyl (C=O) groups is 1. The van der Waals surface area contributed by atoms with Crippen molar-refractivity contribution in [2.45, 2.75) is 38.8 Å². The van der Waals surface area contributed by atoms with Crippen LogP contribution < -0.4 is 10.9 Å². The van der Waals surface area contributed by atoms with Gasteiger partial charge in [0.25, 0.3) is 5.56 Å². The standard InChI is InChI=1S/C14H19N3O3S/c1-2-10(4-7-18)16-12(19)3-6-17-9-15-13-11(14(17)20)5-8-21-13/h5,8-10,18H,2-4,6-7H2,1H3,(H,16,19). The Bertz CT molecular complexity index is 665. The number of fused-ring (bicyclic) bond motifs is 1. The SMILES string of the molecule is CCC(CCO)NC(=O)CCn1cnc2sccc2c1=O. The van der Waals surface area contributed by atoms with Crippen LogP contribution in [0.2, 0.25) is 0 Å². The van der Waals surface area contributed by atoms with Gasteiger partial charge >= 0.3 is 0 Å². The summed E-state index contributed by atoms with van der Waals surface area (Å²) in [4.78, 5) is 28.9. The first-order valence-corrected chi connectivity index (χ1v) is 7.86. The second kappa shape index (κ2) is 7.33. The van der Waals surface area contributed by atoms with E-state index in [4.69, 9.17) is 5.11 Å². The molecule has 7 heteroatoms. The fourth-order valence-electron chi connectivity index (χ4n) is 2.11. The lowest BCUT2D eigenvalue weighted by Crippen LogP contribution is -2.36. The molecule has 1 atom stereocenters. The van der Waals surface area contributed by atoms with E-state index in [1.54, 1.807) is 6.07 Å². The van der Waals surface area contributed by atoms with E-state index in [9.17, 15) is 9.59 Å². The van der Waals surface area contributed by atoms with Crippen LogP contribution in [0.1, 0.15) is 26.2 Å². The van der Waals surface area contributed by atoms with Crippen LogP contribution in [0.25, 0.3) is 10.2 Å². The van der Waals surface area contributed by atoms with Crippen LogP contribution in [0.5, 0.6) is 0 Å². The molecule has 1 unspecified atom stereocenters. The van der Waals surface area contributed by atoms with Gasteiger partial charge in [-0.15, -0.1) is 11.3 Å². The third-order valence-electron chi connectivity index (χ3n) is 3.37. The average Bonchev–Trinajstić information content (AvgIpc) is 2.95. The molecule has 2 N–H and O–H groups in total. The molecular weight excluding hydrogens is 290 g/mol. The van der Waals surface area contributed by atoms with Gasteiger partial charge in [-0.25, -0.2) is 4.98 Å². The van der Waals surface area contributed by atoms with Crippen molar-refractivity contribution in [1.29, 1.82) is 0 Å². The number of aliphatic hydroxyl groups is 1. The molecule has 0 spiro atoms. The molecular formula is C14H19N3O3S. The number of nitrogens with one attached hydrogen (secondary N) is 1. The maximum absolute atomic E-state index is 12.1. The van der Waals surface area contributed by atoms with Gasteiger partial charge < -0.3 is 10.4 Å². The number of hydrogen-bond acceptors (Lipinski definition) is 5. The van der Waals surface area contributed by atoms with Gasteiger partial charge in [-0.05, 0) is 24.3 Å². The number of aliphatic hydroxyl groups excluding tert-OH is 1. The fourth-order valence-corrected chi connectivity index (χ4v) is 2.83. The molecule has 21 heavy (non-hydrogen) atoms. The van der Waals surface area contributed by atoms with Crippen molar-refractivity contribution in [2.75, 3.05) is 6.61 Å². The molecule has 0 aromatic carbocycles. The van der Waals surface area contributed by atoms with Crippen molar-refractivity contribution in [3.05, 3.63) is 28.1 Å². The minimum Gasteiger partial charge on any atom is -0.396 e. The largest absolute Gasteiger partial charge is 0.396 e. The molecule has 2 rings (SSSR count).